The van der Waals surface area contributed by atoms with E-state index in [1.807, 2.05) is 0 Å². The van der Waals surface area contributed by atoms with E-state index in [1.165, 1.54) is 0 Å². The molecule has 0 saturated heterocycles. The Bertz CT molecular complexity index is 173. The fourth-order valence-electron chi connectivity index (χ4n) is 1.89. The monoisotopic (exact) mass is 172 g/mol. The molecule has 0 aromatic heterocycles. The van der Waals surface area contributed by atoms with Crippen LogP contribution in [0.2, 0.25) is 0 Å². The molecule has 3 heteroatoms. The van der Waals surface area contributed by atoms with E-state index in [9.17, 15) is 4.79 Å². The Morgan fingerprint density at radius 1 is 1.33 bits per heavy atom. The zero-order chi connectivity index (χ0) is 9.35. The second-order valence-electron chi connectivity index (χ2n) is 3.85. The molecule has 0 amide bonds. The van der Waals surface area contributed by atoms with Gasteiger partial charge in [0.15, 0.2) is 6.29 Å². The van der Waals surface area contributed by atoms with Crippen molar-refractivity contribution in [1.82, 2.24) is 0 Å². The zero-order valence-electron chi connectivity index (χ0n) is 8.03. The molecule has 0 bridgehead atoms. The fraction of sp³-hybridized carbons (Fsp3) is 0.889. The van der Waals surface area contributed by atoms with Crippen molar-refractivity contribution in [2.24, 2.45) is 17.3 Å². The summed E-state index contributed by atoms with van der Waals surface area (Å²) in [5.41, 5.74) is 0.0401. The average Bonchev–Trinajstić information content (AvgIpc) is 2.57. The van der Waals surface area contributed by atoms with Gasteiger partial charge in [-0.15, -0.1) is 0 Å². The molecule has 0 aromatic carbocycles. The summed E-state index contributed by atoms with van der Waals surface area (Å²) in [6, 6.07) is 0. The van der Waals surface area contributed by atoms with E-state index >= 15 is 0 Å². The van der Waals surface area contributed by atoms with Gasteiger partial charge in [-0.1, -0.05) is 13.8 Å². The number of carbonyl (C=O) groups excluding carboxylic acids is 1. The highest BCUT2D eigenvalue weighted by molar-refractivity contribution is 5.61. The summed E-state index contributed by atoms with van der Waals surface area (Å²) in [6.07, 6.45) is 0.755. The van der Waals surface area contributed by atoms with Gasteiger partial charge in [0.1, 0.15) is 6.29 Å². The van der Waals surface area contributed by atoms with Crippen molar-refractivity contribution in [3.63, 3.8) is 0 Å². The largest absolute Gasteiger partial charge is 0.356 e. The van der Waals surface area contributed by atoms with E-state index in [4.69, 9.17) is 9.47 Å². The van der Waals surface area contributed by atoms with Crippen molar-refractivity contribution in [1.29, 1.82) is 0 Å². The van der Waals surface area contributed by atoms with Gasteiger partial charge in [0.2, 0.25) is 0 Å². The lowest BCUT2D eigenvalue weighted by Gasteiger charge is -2.14. The Labute approximate surface area is 73.0 Å². The van der Waals surface area contributed by atoms with Gasteiger partial charge in [0.05, 0.1) is 0 Å². The van der Waals surface area contributed by atoms with Crippen molar-refractivity contribution >= 4 is 6.29 Å². The van der Waals surface area contributed by atoms with E-state index < -0.39 is 0 Å². The standard InChI is InChI=1S/C9H16O3/c1-9(2)6(5-10)7(9)8(11-3)12-4/h5-8H,1-4H3. The summed E-state index contributed by atoms with van der Waals surface area (Å²) in [4.78, 5) is 10.6. The molecule has 3 nitrogen and oxygen atoms in total. The fourth-order valence-corrected chi connectivity index (χ4v) is 1.89. The second kappa shape index (κ2) is 3.15. The van der Waals surface area contributed by atoms with E-state index in [2.05, 4.69) is 13.8 Å². The first-order valence-electron chi connectivity index (χ1n) is 4.10. The Morgan fingerprint density at radius 2 is 1.83 bits per heavy atom. The molecular weight excluding hydrogens is 156 g/mol. The highest BCUT2D eigenvalue weighted by Gasteiger charge is 2.61. The molecular formula is C9H16O3. The van der Waals surface area contributed by atoms with Crippen LogP contribution < -0.4 is 0 Å². The molecule has 70 valence electrons. The number of carbonyl (C=O) groups is 1. The van der Waals surface area contributed by atoms with Gasteiger partial charge in [0.25, 0.3) is 0 Å². The number of ether oxygens (including phenoxy) is 2. The van der Waals surface area contributed by atoms with Gasteiger partial charge >= 0.3 is 0 Å². The molecule has 0 aromatic rings. The smallest absolute Gasteiger partial charge is 0.160 e. The summed E-state index contributed by atoms with van der Waals surface area (Å²) >= 11 is 0. The number of hydrogen-bond donors (Lipinski definition) is 0. The van der Waals surface area contributed by atoms with Crippen molar-refractivity contribution in [2.75, 3.05) is 14.2 Å². The van der Waals surface area contributed by atoms with Crippen molar-refractivity contribution in [2.45, 2.75) is 20.1 Å². The highest BCUT2D eigenvalue weighted by Crippen LogP contribution is 2.59. The van der Waals surface area contributed by atoms with Crippen LogP contribution in [-0.2, 0) is 14.3 Å². The second-order valence-corrected chi connectivity index (χ2v) is 3.85. The lowest BCUT2D eigenvalue weighted by atomic mass is 10.1. The topological polar surface area (TPSA) is 35.5 Å². The summed E-state index contributed by atoms with van der Waals surface area (Å²) in [5.74, 6) is 0.299. The lowest BCUT2D eigenvalue weighted by Crippen LogP contribution is -2.18. The average molecular weight is 172 g/mol. The third kappa shape index (κ3) is 1.27. The lowest BCUT2D eigenvalue weighted by molar-refractivity contribution is -0.126. The van der Waals surface area contributed by atoms with Crippen LogP contribution in [0.1, 0.15) is 13.8 Å². The Hall–Kier alpha value is -0.410. The number of rotatable bonds is 4. The van der Waals surface area contributed by atoms with E-state index in [0.29, 0.717) is 0 Å². The molecule has 1 aliphatic carbocycles. The predicted octanol–water partition coefficient (Wildman–Crippen LogP) is 1.08. The van der Waals surface area contributed by atoms with Crippen LogP contribution in [0.3, 0.4) is 0 Å². The van der Waals surface area contributed by atoms with Gasteiger partial charge in [-0.3, -0.25) is 0 Å². The third-order valence-electron chi connectivity index (χ3n) is 2.90. The number of methoxy groups -OCH3 is 2. The molecule has 0 aliphatic heterocycles. The third-order valence-corrected chi connectivity index (χ3v) is 2.90. The molecule has 1 fully saturated rings. The van der Waals surface area contributed by atoms with Gasteiger partial charge < -0.3 is 14.3 Å². The summed E-state index contributed by atoms with van der Waals surface area (Å²) < 4.78 is 10.2. The van der Waals surface area contributed by atoms with Crippen LogP contribution in [-0.4, -0.2) is 26.8 Å². The molecule has 1 aliphatic rings. The molecule has 0 N–H and O–H groups in total. The summed E-state index contributed by atoms with van der Waals surface area (Å²) in [7, 11) is 3.20. The van der Waals surface area contributed by atoms with Crippen molar-refractivity contribution in [3.8, 4) is 0 Å². The Balaban J connectivity index is 2.60. The quantitative estimate of drug-likeness (QED) is 0.470. The van der Waals surface area contributed by atoms with Crippen LogP contribution in [0.15, 0.2) is 0 Å². The SMILES string of the molecule is COC(OC)C1C(C=O)C1(C)C. The van der Waals surface area contributed by atoms with Crippen molar-refractivity contribution < 1.29 is 14.3 Å². The van der Waals surface area contributed by atoms with Crippen LogP contribution in [0.5, 0.6) is 0 Å². The zero-order valence-corrected chi connectivity index (χ0v) is 8.03. The minimum atomic E-state index is -0.241. The van der Waals surface area contributed by atoms with Crippen molar-refractivity contribution in [3.05, 3.63) is 0 Å². The first-order valence-corrected chi connectivity index (χ1v) is 4.10. The van der Waals surface area contributed by atoms with Gasteiger partial charge in [-0.25, -0.2) is 0 Å². The van der Waals surface area contributed by atoms with E-state index in [0.717, 1.165) is 6.29 Å². The van der Waals surface area contributed by atoms with Gasteiger partial charge in [0, 0.05) is 26.1 Å². The predicted molar refractivity (Wildman–Crippen MR) is 44.6 cm³/mol. The maximum Gasteiger partial charge on any atom is 0.160 e. The number of aldehydes is 1. The molecule has 0 radical (unpaired) electrons. The van der Waals surface area contributed by atoms with E-state index in [1.54, 1.807) is 14.2 Å². The highest BCUT2D eigenvalue weighted by atomic mass is 16.7. The van der Waals surface area contributed by atoms with Crippen LogP contribution in [0.4, 0.5) is 0 Å². The summed E-state index contributed by atoms with van der Waals surface area (Å²) in [5, 5.41) is 0. The summed E-state index contributed by atoms with van der Waals surface area (Å²) in [6.45, 7) is 4.11. The first-order chi connectivity index (χ1) is 5.59. The normalized spacial score (nSPS) is 32.1. The molecule has 2 unspecified atom stereocenters. The molecule has 2 atom stereocenters. The van der Waals surface area contributed by atoms with E-state index in [-0.39, 0.29) is 23.5 Å². The maximum atomic E-state index is 10.6. The first kappa shape index (κ1) is 9.68. The van der Waals surface area contributed by atoms with Gasteiger partial charge in [-0.2, -0.15) is 0 Å². The van der Waals surface area contributed by atoms with Gasteiger partial charge in [-0.05, 0) is 5.41 Å². The molecule has 0 heterocycles. The van der Waals surface area contributed by atoms with Crippen LogP contribution >= 0.6 is 0 Å². The van der Waals surface area contributed by atoms with Crippen LogP contribution in [0, 0.1) is 17.3 Å². The van der Waals surface area contributed by atoms with Crippen LogP contribution in [0.25, 0.3) is 0 Å². The minimum Gasteiger partial charge on any atom is -0.356 e. The maximum absolute atomic E-state index is 10.6. The molecule has 12 heavy (non-hydrogen) atoms. The number of hydrogen-bond acceptors (Lipinski definition) is 3. The Kier molecular flexibility index (Phi) is 2.54. The molecule has 1 saturated carbocycles. The molecule has 1 rings (SSSR count). The molecule has 0 spiro atoms. The Morgan fingerprint density at radius 3 is 2.08 bits per heavy atom. The minimum absolute atomic E-state index is 0.0401.